The molecular formula is C18H23ClN2O3. The largest absolute Gasteiger partial charge is 0.507 e. The van der Waals surface area contributed by atoms with Crippen LogP contribution < -0.4 is 0 Å². The number of phenolic OH excluding ortho intramolecular Hbond substituents is 1. The van der Waals surface area contributed by atoms with Crippen molar-refractivity contribution >= 4 is 23.4 Å². The molecule has 0 saturated carbocycles. The summed E-state index contributed by atoms with van der Waals surface area (Å²) in [5.41, 5.74) is 0.393. The molecule has 2 saturated heterocycles. The Hall–Kier alpha value is -1.75. The number of hydrogen-bond donors (Lipinski definition) is 1. The predicted molar refractivity (Wildman–Crippen MR) is 92.2 cm³/mol. The van der Waals surface area contributed by atoms with Gasteiger partial charge >= 0.3 is 0 Å². The number of benzene rings is 1. The van der Waals surface area contributed by atoms with Crippen molar-refractivity contribution in [1.82, 2.24) is 9.80 Å². The van der Waals surface area contributed by atoms with Crippen LogP contribution in [0.4, 0.5) is 0 Å². The molecule has 0 aromatic heterocycles. The van der Waals surface area contributed by atoms with Crippen molar-refractivity contribution in [2.75, 3.05) is 26.2 Å². The van der Waals surface area contributed by atoms with Crippen LogP contribution in [0.5, 0.6) is 5.75 Å². The Morgan fingerprint density at radius 1 is 1.29 bits per heavy atom. The molecule has 1 N–H and O–H groups in total. The number of rotatable bonds is 2. The Kier molecular flexibility index (Phi) is 4.72. The van der Waals surface area contributed by atoms with Crippen molar-refractivity contribution in [2.45, 2.75) is 32.6 Å². The minimum absolute atomic E-state index is 0.0369. The van der Waals surface area contributed by atoms with Gasteiger partial charge in [-0.2, -0.15) is 0 Å². The molecular weight excluding hydrogens is 328 g/mol. The summed E-state index contributed by atoms with van der Waals surface area (Å²) >= 11 is 5.94. The summed E-state index contributed by atoms with van der Waals surface area (Å²) in [6.07, 6.45) is 3.30. The molecule has 1 aromatic rings. The second-order valence-corrected chi connectivity index (χ2v) is 7.30. The van der Waals surface area contributed by atoms with Gasteiger partial charge in [-0.15, -0.1) is 0 Å². The molecule has 130 valence electrons. The minimum atomic E-state index is -0.177. The van der Waals surface area contributed by atoms with E-state index in [0.29, 0.717) is 24.5 Å². The SMILES string of the molecule is CCN1CC2(CCC1=O)CCN(C(=O)c1cc(Cl)ccc1O)CC2. The number of halogens is 1. The van der Waals surface area contributed by atoms with Crippen LogP contribution in [0.2, 0.25) is 5.02 Å². The second-order valence-electron chi connectivity index (χ2n) is 6.86. The summed E-state index contributed by atoms with van der Waals surface area (Å²) in [6.45, 7) is 4.86. The molecule has 1 spiro atoms. The molecule has 2 amide bonds. The van der Waals surface area contributed by atoms with Gasteiger partial charge in [0.1, 0.15) is 5.75 Å². The van der Waals surface area contributed by atoms with Crippen LogP contribution in [-0.4, -0.2) is 52.9 Å². The molecule has 0 aliphatic carbocycles. The van der Waals surface area contributed by atoms with E-state index in [1.807, 2.05) is 11.8 Å². The van der Waals surface area contributed by atoms with E-state index in [1.165, 1.54) is 12.1 Å². The maximum atomic E-state index is 12.7. The number of nitrogens with zero attached hydrogens (tertiary/aromatic N) is 2. The van der Waals surface area contributed by atoms with Crippen molar-refractivity contribution in [2.24, 2.45) is 5.41 Å². The number of likely N-dealkylation sites (tertiary alicyclic amines) is 2. The Morgan fingerprint density at radius 3 is 2.67 bits per heavy atom. The van der Waals surface area contributed by atoms with Gasteiger partial charge in [0, 0.05) is 37.6 Å². The highest BCUT2D eigenvalue weighted by atomic mass is 35.5. The third-order valence-corrected chi connectivity index (χ3v) is 5.67. The van der Waals surface area contributed by atoms with Crippen LogP contribution in [0, 0.1) is 5.41 Å². The van der Waals surface area contributed by atoms with Crippen LogP contribution in [0.3, 0.4) is 0 Å². The molecule has 24 heavy (non-hydrogen) atoms. The number of carbonyl (C=O) groups is 2. The number of piperidine rings is 2. The van der Waals surface area contributed by atoms with Crippen LogP contribution in [0.1, 0.15) is 43.0 Å². The highest BCUT2D eigenvalue weighted by molar-refractivity contribution is 6.31. The van der Waals surface area contributed by atoms with Crippen LogP contribution in [0.25, 0.3) is 0 Å². The fraction of sp³-hybridized carbons (Fsp3) is 0.556. The van der Waals surface area contributed by atoms with Crippen molar-refractivity contribution in [3.63, 3.8) is 0 Å². The Morgan fingerprint density at radius 2 is 2.00 bits per heavy atom. The van der Waals surface area contributed by atoms with Crippen molar-refractivity contribution < 1.29 is 14.7 Å². The Bertz CT molecular complexity index is 654. The quantitative estimate of drug-likeness (QED) is 0.892. The number of carbonyl (C=O) groups excluding carboxylic acids is 2. The molecule has 0 radical (unpaired) electrons. The maximum absolute atomic E-state index is 12.7. The molecule has 1 aromatic carbocycles. The van der Waals surface area contributed by atoms with Gasteiger partial charge in [0.15, 0.2) is 0 Å². The summed E-state index contributed by atoms with van der Waals surface area (Å²) in [7, 11) is 0. The molecule has 0 bridgehead atoms. The summed E-state index contributed by atoms with van der Waals surface area (Å²) in [5, 5.41) is 10.4. The van der Waals surface area contributed by atoms with E-state index >= 15 is 0 Å². The zero-order valence-electron chi connectivity index (χ0n) is 13.9. The maximum Gasteiger partial charge on any atom is 0.257 e. The summed E-state index contributed by atoms with van der Waals surface area (Å²) in [6, 6.07) is 4.53. The highest BCUT2D eigenvalue weighted by Gasteiger charge is 2.41. The molecule has 2 fully saturated rings. The van der Waals surface area contributed by atoms with Crippen molar-refractivity contribution in [1.29, 1.82) is 0 Å². The number of aromatic hydroxyl groups is 1. The van der Waals surface area contributed by atoms with E-state index in [2.05, 4.69) is 0 Å². The van der Waals surface area contributed by atoms with Gasteiger partial charge in [-0.05, 0) is 49.8 Å². The minimum Gasteiger partial charge on any atom is -0.507 e. The summed E-state index contributed by atoms with van der Waals surface area (Å²) in [5.74, 6) is 0.0275. The lowest BCUT2D eigenvalue weighted by Crippen LogP contribution is -2.52. The first-order valence-corrected chi connectivity index (χ1v) is 8.87. The van der Waals surface area contributed by atoms with Crippen molar-refractivity contribution in [3.05, 3.63) is 28.8 Å². The first-order chi connectivity index (χ1) is 11.4. The van der Waals surface area contributed by atoms with Gasteiger partial charge < -0.3 is 14.9 Å². The van der Waals surface area contributed by atoms with Gasteiger partial charge in [0.05, 0.1) is 5.56 Å². The third kappa shape index (κ3) is 3.22. The number of phenols is 1. The Labute approximate surface area is 147 Å². The molecule has 0 atom stereocenters. The molecule has 2 heterocycles. The first kappa shape index (κ1) is 17.1. The fourth-order valence-corrected chi connectivity index (χ4v) is 4.00. The van der Waals surface area contributed by atoms with Gasteiger partial charge in [-0.1, -0.05) is 11.6 Å². The predicted octanol–water partition coefficient (Wildman–Crippen LogP) is 2.91. The summed E-state index contributed by atoms with van der Waals surface area (Å²) in [4.78, 5) is 28.3. The number of amides is 2. The van der Waals surface area contributed by atoms with E-state index < -0.39 is 0 Å². The average molecular weight is 351 g/mol. The molecule has 5 nitrogen and oxygen atoms in total. The monoisotopic (exact) mass is 350 g/mol. The van der Waals surface area contributed by atoms with Gasteiger partial charge in [0.2, 0.25) is 5.91 Å². The van der Waals surface area contributed by atoms with Crippen LogP contribution in [-0.2, 0) is 4.79 Å². The molecule has 2 aliphatic heterocycles. The van der Waals surface area contributed by atoms with Crippen LogP contribution in [0.15, 0.2) is 18.2 Å². The lowest BCUT2D eigenvalue weighted by molar-refractivity contribution is -0.138. The first-order valence-electron chi connectivity index (χ1n) is 8.50. The average Bonchev–Trinajstić information content (AvgIpc) is 2.59. The zero-order chi connectivity index (χ0) is 17.3. The molecule has 3 rings (SSSR count). The van der Waals surface area contributed by atoms with E-state index in [9.17, 15) is 14.7 Å². The lowest BCUT2D eigenvalue weighted by atomic mass is 9.72. The topological polar surface area (TPSA) is 60.9 Å². The zero-order valence-corrected chi connectivity index (χ0v) is 14.7. The van der Waals surface area contributed by atoms with Gasteiger partial charge in [-0.3, -0.25) is 9.59 Å². The van der Waals surface area contributed by atoms with E-state index in [4.69, 9.17) is 11.6 Å². The van der Waals surface area contributed by atoms with Crippen molar-refractivity contribution in [3.8, 4) is 5.75 Å². The smallest absolute Gasteiger partial charge is 0.257 e. The van der Waals surface area contributed by atoms with Gasteiger partial charge in [-0.25, -0.2) is 0 Å². The van der Waals surface area contributed by atoms with Gasteiger partial charge in [0.25, 0.3) is 5.91 Å². The van der Waals surface area contributed by atoms with E-state index in [0.717, 1.165) is 32.4 Å². The Balaban J connectivity index is 1.68. The number of hydrogen-bond acceptors (Lipinski definition) is 3. The highest BCUT2D eigenvalue weighted by Crippen LogP contribution is 2.40. The fourth-order valence-electron chi connectivity index (χ4n) is 3.83. The molecule has 2 aliphatic rings. The van der Waals surface area contributed by atoms with Crippen LogP contribution >= 0.6 is 11.6 Å². The second kappa shape index (κ2) is 6.63. The molecule has 6 heteroatoms. The van der Waals surface area contributed by atoms with E-state index in [-0.39, 0.29) is 28.5 Å². The third-order valence-electron chi connectivity index (χ3n) is 5.43. The normalized spacial score (nSPS) is 20.5. The summed E-state index contributed by atoms with van der Waals surface area (Å²) < 4.78 is 0. The van der Waals surface area contributed by atoms with E-state index in [1.54, 1.807) is 11.0 Å². The standard InChI is InChI=1S/C18H23ClN2O3/c1-2-20-12-18(6-5-16(20)23)7-9-21(10-8-18)17(24)14-11-13(19)3-4-15(14)22/h3-4,11,22H,2,5-10,12H2,1H3. The lowest BCUT2D eigenvalue weighted by Gasteiger charge is -2.47. The molecule has 0 unspecified atom stereocenters.